The summed E-state index contributed by atoms with van der Waals surface area (Å²) in [5.41, 5.74) is -0.581. The van der Waals surface area contributed by atoms with Crippen molar-refractivity contribution in [3.05, 3.63) is 63.6 Å². The molecule has 11 heteroatoms. The van der Waals surface area contributed by atoms with E-state index in [2.05, 4.69) is 5.32 Å². The van der Waals surface area contributed by atoms with Crippen LogP contribution in [0.1, 0.15) is 17.5 Å². The van der Waals surface area contributed by atoms with Crippen LogP contribution in [0.25, 0.3) is 0 Å². The van der Waals surface area contributed by atoms with E-state index in [0.29, 0.717) is 28.2 Å². The molecule has 0 atom stereocenters. The predicted molar refractivity (Wildman–Crippen MR) is 111 cm³/mol. The molecule has 0 saturated heterocycles. The Balaban J connectivity index is 2.05. The van der Waals surface area contributed by atoms with E-state index in [1.165, 1.54) is 0 Å². The normalized spacial score (nSPS) is 11.9. The summed E-state index contributed by atoms with van der Waals surface area (Å²) < 4.78 is 64.0. The van der Waals surface area contributed by atoms with Crippen LogP contribution in [0.4, 0.5) is 18.9 Å². The molecule has 0 aliphatic heterocycles. The van der Waals surface area contributed by atoms with Crippen molar-refractivity contribution in [2.24, 2.45) is 0 Å². The number of sulfonamides is 1. The third-order valence-corrected chi connectivity index (χ3v) is 5.97. The third kappa shape index (κ3) is 6.78. The van der Waals surface area contributed by atoms with Gasteiger partial charge in [0.2, 0.25) is 15.9 Å². The van der Waals surface area contributed by atoms with E-state index >= 15 is 0 Å². The smallest absolute Gasteiger partial charge is 0.355 e. The zero-order valence-electron chi connectivity index (χ0n) is 15.8. The Morgan fingerprint density at radius 3 is 2.37 bits per heavy atom. The first-order chi connectivity index (χ1) is 13.9. The number of aryl methyl sites for hydroxylation is 1. The average molecular weight is 483 g/mol. The summed E-state index contributed by atoms with van der Waals surface area (Å²) >= 11 is 11.6. The fourth-order valence-electron chi connectivity index (χ4n) is 2.68. The highest BCUT2D eigenvalue weighted by Crippen LogP contribution is 2.37. The van der Waals surface area contributed by atoms with Gasteiger partial charge in [0.1, 0.15) is 6.54 Å². The highest BCUT2D eigenvalue weighted by Gasteiger charge is 2.34. The number of benzene rings is 2. The molecule has 0 aliphatic carbocycles. The molecule has 2 aromatic rings. The van der Waals surface area contributed by atoms with Gasteiger partial charge in [-0.2, -0.15) is 13.2 Å². The summed E-state index contributed by atoms with van der Waals surface area (Å²) in [5.74, 6) is -0.650. The maximum atomic E-state index is 13.1. The van der Waals surface area contributed by atoms with Crippen LogP contribution in [-0.2, 0) is 27.4 Å². The number of halogens is 5. The van der Waals surface area contributed by atoms with E-state index in [0.717, 1.165) is 24.0 Å². The number of amides is 1. The van der Waals surface area contributed by atoms with Crippen LogP contribution in [0.15, 0.2) is 42.5 Å². The highest BCUT2D eigenvalue weighted by atomic mass is 35.5. The Morgan fingerprint density at radius 2 is 1.77 bits per heavy atom. The number of hydrogen-bond acceptors (Lipinski definition) is 3. The first-order valence-corrected chi connectivity index (χ1v) is 11.3. The molecule has 164 valence electrons. The number of alkyl halides is 3. The van der Waals surface area contributed by atoms with Crippen molar-refractivity contribution in [3.8, 4) is 0 Å². The lowest BCUT2D eigenvalue weighted by Crippen LogP contribution is -2.40. The summed E-state index contributed by atoms with van der Waals surface area (Å²) in [6, 6.07) is 9.91. The molecule has 2 rings (SSSR count). The van der Waals surface area contributed by atoms with Gasteiger partial charge in [-0.05, 0) is 42.7 Å². The highest BCUT2D eigenvalue weighted by molar-refractivity contribution is 7.92. The van der Waals surface area contributed by atoms with Crippen molar-refractivity contribution in [1.82, 2.24) is 5.32 Å². The van der Waals surface area contributed by atoms with E-state index in [1.54, 1.807) is 12.1 Å². The van der Waals surface area contributed by atoms with Crippen molar-refractivity contribution in [1.29, 1.82) is 0 Å². The molecular formula is C19H19Cl2F3N2O3S. The van der Waals surface area contributed by atoms with Crippen molar-refractivity contribution in [2.45, 2.75) is 19.0 Å². The van der Waals surface area contributed by atoms with E-state index in [9.17, 15) is 26.4 Å². The fraction of sp³-hybridized carbons (Fsp3) is 0.316. The van der Waals surface area contributed by atoms with Crippen molar-refractivity contribution < 1.29 is 26.4 Å². The first kappa shape index (κ1) is 24.3. The summed E-state index contributed by atoms with van der Waals surface area (Å²) in [6.45, 7) is -0.417. The fourth-order valence-corrected chi connectivity index (χ4v) is 3.98. The maximum absolute atomic E-state index is 13.1. The molecule has 0 bridgehead atoms. The third-order valence-electron chi connectivity index (χ3n) is 4.13. The molecule has 0 saturated carbocycles. The van der Waals surface area contributed by atoms with E-state index < -0.39 is 39.2 Å². The number of hydrogen-bond donors (Lipinski definition) is 1. The molecule has 1 amide bonds. The number of carbonyl (C=O) groups is 1. The predicted octanol–water partition coefficient (Wildman–Crippen LogP) is 4.53. The number of nitrogens with zero attached hydrogens (tertiary/aromatic N) is 1. The van der Waals surface area contributed by atoms with Gasteiger partial charge in [0.15, 0.2) is 0 Å². The van der Waals surface area contributed by atoms with E-state index in [1.807, 2.05) is 12.1 Å². The van der Waals surface area contributed by atoms with Crippen molar-refractivity contribution in [3.63, 3.8) is 0 Å². The lowest BCUT2D eigenvalue weighted by molar-refractivity contribution is -0.137. The second kappa shape index (κ2) is 9.89. The number of nitrogens with one attached hydrogen (secondary N) is 1. The second-order valence-electron chi connectivity index (χ2n) is 6.48. The molecular weight excluding hydrogens is 464 g/mol. The van der Waals surface area contributed by atoms with E-state index in [-0.39, 0.29) is 12.2 Å². The van der Waals surface area contributed by atoms with Crippen LogP contribution >= 0.6 is 23.2 Å². The van der Waals surface area contributed by atoms with Gasteiger partial charge in [-0.1, -0.05) is 41.4 Å². The van der Waals surface area contributed by atoms with Crippen LogP contribution in [0.5, 0.6) is 0 Å². The van der Waals surface area contributed by atoms with Gasteiger partial charge in [0, 0.05) is 11.6 Å². The lowest BCUT2D eigenvalue weighted by atomic mass is 10.1. The summed E-state index contributed by atoms with van der Waals surface area (Å²) in [5, 5.41) is 2.61. The first-order valence-electron chi connectivity index (χ1n) is 8.74. The average Bonchev–Trinajstić information content (AvgIpc) is 2.63. The topological polar surface area (TPSA) is 66.5 Å². The van der Waals surface area contributed by atoms with Crippen molar-refractivity contribution >= 4 is 44.8 Å². The second-order valence-corrected chi connectivity index (χ2v) is 9.20. The zero-order chi connectivity index (χ0) is 22.5. The molecule has 0 radical (unpaired) electrons. The molecule has 0 aromatic heterocycles. The molecule has 1 N–H and O–H groups in total. The number of carbonyl (C=O) groups excluding carboxylic acids is 1. The molecule has 0 fully saturated rings. The molecule has 2 aromatic carbocycles. The Kier molecular flexibility index (Phi) is 8.01. The summed E-state index contributed by atoms with van der Waals surface area (Å²) in [4.78, 5) is 12.2. The standard InChI is InChI=1S/C19H19Cl2F3N2O3S/c1-30(28,29)26(14-8-9-17(21)15(11-14)19(22,23)24)12-18(27)25-10-4-6-13-5-2-3-7-16(13)20/h2-3,5,7-9,11H,4,6,10,12H2,1H3,(H,25,27). The van der Waals surface area contributed by atoms with Crippen LogP contribution in [0.3, 0.4) is 0 Å². The van der Waals surface area contributed by atoms with Gasteiger partial charge in [0.25, 0.3) is 0 Å². The van der Waals surface area contributed by atoms with Crippen LogP contribution in [0.2, 0.25) is 10.0 Å². The molecule has 0 aliphatic rings. The van der Waals surface area contributed by atoms with Gasteiger partial charge in [0.05, 0.1) is 22.5 Å². The van der Waals surface area contributed by atoms with E-state index in [4.69, 9.17) is 23.2 Å². The summed E-state index contributed by atoms with van der Waals surface area (Å²) in [6.07, 6.45) is -2.81. The number of anilines is 1. The van der Waals surface area contributed by atoms with Crippen LogP contribution < -0.4 is 9.62 Å². The Morgan fingerprint density at radius 1 is 1.10 bits per heavy atom. The number of rotatable bonds is 8. The monoisotopic (exact) mass is 482 g/mol. The Labute approximate surface area is 182 Å². The van der Waals surface area contributed by atoms with Gasteiger partial charge in [-0.25, -0.2) is 8.42 Å². The minimum atomic E-state index is -4.77. The maximum Gasteiger partial charge on any atom is 0.417 e. The van der Waals surface area contributed by atoms with Gasteiger partial charge in [-0.15, -0.1) is 0 Å². The molecule has 5 nitrogen and oxygen atoms in total. The van der Waals surface area contributed by atoms with Gasteiger partial charge in [-0.3, -0.25) is 9.10 Å². The quantitative estimate of drug-likeness (QED) is 0.562. The van der Waals surface area contributed by atoms with Gasteiger partial charge >= 0.3 is 6.18 Å². The van der Waals surface area contributed by atoms with Crippen molar-refractivity contribution in [2.75, 3.05) is 23.7 Å². The molecule has 0 spiro atoms. The van der Waals surface area contributed by atoms with Crippen LogP contribution in [-0.4, -0.2) is 33.7 Å². The summed E-state index contributed by atoms with van der Waals surface area (Å²) in [7, 11) is -4.02. The Bertz CT molecular complexity index is 1010. The largest absolute Gasteiger partial charge is 0.417 e. The molecule has 0 unspecified atom stereocenters. The Hall–Kier alpha value is -1.97. The minimum absolute atomic E-state index is 0.246. The lowest BCUT2D eigenvalue weighted by Gasteiger charge is -2.23. The SMILES string of the molecule is CS(=O)(=O)N(CC(=O)NCCCc1ccccc1Cl)c1ccc(Cl)c(C(F)(F)F)c1. The zero-order valence-corrected chi connectivity index (χ0v) is 18.2. The van der Waals surface area contributed by atoms with Crippen LogP contribution in [0, 0.1) is 0 Å². The minimum Gasteiger partial charge on any atom is -0.355 e. The molecule has 30 heavy (non-hydrogen) atoms. The van der Waals surface area contributed by atoms with Gasteiger partial charge < -0.3 is 5.32 Å². The molecule has 0 heterocycles.